The van der Waals surface area contributed by atoms with Gasteiger partial charge in [0, 0.05) is 51.5 Å². The molecule has 0 aromatic heterocycles. The molecular weight excluding hydrogens is 430 g/mol. The molecule has 3 rings (SSSR count). The number of piperazine rings is 1. The van der Waals surface area contributed by atoms with Crippen LogP contribution in [0.1, 0.15) is 25.3 Å². The smallest absolute Gasteiger partial charge is 0.317 e. The van der Waals surface area contributed by atoms with Crippen molar-refractivity contribution in [2.75, 3.05) is 63.9 Å². The zero-order valence-corrected chi connectivity index (χ0v) is 19.9. The fourth-order valence-corrected chi connectivity index (χ4v) is 5.12. The third-order valence-electron chi connectivity index (χ3n) is 6.28. The van der Waals surface area contributed by atoms with E-state index >= 15 is 0 Å². The van der Waals surface area contributed by atoms with Crippen LogP contribution in [0.3, 0.4) is 0 Å². The van der Waals surface area contributed by atoms with Crippen molar-refractivity contribution >= 4 is 27.6 Å². The van der Waals surface area contributed by atoms with E-state index in [1.807, 2.05) is 24.3 Å². The normalized spacial score (nSPS) is 19.0. The fourth-order valence-electron chi connectivity index (χ4n) is 4.24. The highest BCUT2D eigenvalue weighted by molar-refractivity contribution is 7.88. The van der Waals surface area contributed by atoms with Crippen LogP contribution in [0.5, 0.6) is 0 Å². The highest BCUT2D eigenvalue weighted by Crippen LogP contribution is 2.18. The molecule has 9 nitrogen and oxygen atoms in total. The highest BCUT2D eigenvalue weighted by Gasteiger charge is 2.26. The van der Waals surface area contributed by atoms with Crippen molar-refractivity contribution in [1.82, 2.24) is 19.4 Å². The quantitative estimate of drug-likeness (QED) is 0.630. The predicted molar refractivity (Wildman–Crippen MR) is 125 cm³/mol. The number of benzene rings is 1. The Morgan fingerprint density at radius 3 is 2.31 bits per heavy atom. The van der Waals surface area contributed by atoms with Crippen LogP contribution in [0.4, 0.5) is 10.5 Å². The van der Waals surface area contributed by atoms with Gasteiger partial charge in [-0.1, -0.05) is 25.1 Å². The zero-order valence-electron chi connectivity index (χ0n) is 19.0. The number of sulfonamides is 1. The maximum absolute atomic E-state index is 12.5. The average Bonchev–Trinajstić information content (AvgIpc) is 2.78. The monoisotopic (exact) mass is 465 g/mol. The lowest BCUT2D eigenvalue weighted by molar-refractivity contribution is -0.117. The van der Waals surface area contributed by atoms with Gasteiger partial charge in [0.1, 0.15) is 0 Å². The maximum Gasteiger partial charge on any atom is 0.317 e. The largest absolute Gasteiger partial charge is 0.338 e. The van der Waals surface area contributed by atoms with Gasteiger partial charge in [0.25, 0.3) is 0 Å². The van der Waals surface area contributed by atoms with Crippen LogP contribution in [0.15, 0.2) is 24.3 Å². The van der Waals surface area contributed by atoms with Crippen LogP contribution < -0.4 is 10.6 Å². The van der Waals surface area contributed by atoms with Crippen molar-refractivity contribution in [3.8, 4) is 0 Å². The lowest BCUT2D eigenvalue weighted by atomic mass is 9.98. The van der Waals surface area contributed by atoms with E-state index in [2.05, 4.69) is 22.5 Å². The average molecular weight is 466 g/mol. The SMILES string of the molecule is CCc1ccccc1NC(=O)CN1CCN(C(=O)NCC2CCN(S(C)(=O)=O)CC2)CC1. The number of anilines is 1. The van der Waals surface area contributed by atoms with E-state index in [0.717, 1.165) is 30.5 Å². The van der Waals surface area contributed by atoms with Gasteiger partial charge in [-0.05, 0) is 36.8 Å². The summed E-state index contributed by atoms with van der Waals surface area (Å²) in [5.41, 5.74) is 1.98. The third-order valence-corrected chi connectivity index (χ3v) is 7.59. The van der Waals surface area contributed by atoms with Crippen molar-refractivity contribution in [1.29, 1.82) is 0 Å². The first-order chi connectivity index (χ1) is 15.3. The Kier molecular flexibility index (Phi) is 8.50. The molecule has 2 heterocycles. The number of aryl methyl sites for hydroxylation is 1. The second-order valence-electron chi connectivity index (χ2n) is 8.61. The molecule has 2 aliphatic heterocycles. The lowest BCUT2D eigenvalue weighted by Gasteiger charge is -2.35. The summed E-state index contributed by atoms with van der Waals surface area (Å²) in [5, 5.41) is 5.99. The number of rotatable bonds is 7. The summed E-state index contributed by atoms with van der Waals surface area (Å²) in [6.07, 6.45) is 3.62. The van der Waals surface area contributed by atoms with Gasteiger partial charge in [0.15, 0.2) is 0 Å². The van der Waals surface area contributed by atoms with Gasteiger partial charge in [-0.15, -0.1) is 0 Å². The molecule has 32 heavy (non-hydrogen) atoms. The summed E-state index contributed by atoms with van der Waals surface area (Å²) < 4.78 is 24.7. The van der Waals surface area contributed by atoms with Crippen LogP contribution in [-0.2, 0) is 21.2 Å². The fraction of sp³-hybridized carbons (Fsp3) is 0.636. The van der Waals surface area contributed by atoms with Gasteiger partial charge in [-0.25, -0.2) is 17.5 Å². The third kappa shape index (κ3) is 6.91. The minimum Gasteiger partial charge on any atom is -0.338 e. The molecule has 0 unspecified atom stereocenters. The molecule has 0 aliphatic carbocycles. The van der Waals surface area contributed by atoms with Crippen LogP contribution in [0, 0.1) is 5.92 Å². The van der Waals surface area contributed by atoms with Crippen molar-refractivity contribution in [2.45, 2.75) is 26.2 Å². The number of piperidine rings is 1. The van der Waals surface area contributed by atoms with E-state index < -0.39 is 10.0 Å². The van der Waals surface area contributed by atoms with Crippen LogP contribution in [0.25, 0.3) is 0 Å². The molecule has 0 bridgehead atoms. The van der Waals surface area contributed by atoms with E-state index in [1.165, 1.54) is 10.6 Å². The molecule has 178 valence electrons. The second-order valence-corrected chi connectivity index (χ2v) is 10.6. The molecule has 0 radical (unpaired) electrons. The molecular formula is C22H35N5O4S. The van der Waals surface area contributed by atoms with Crippen molar-refractivity contribution in [3.05, 3.63) is 29.8 Å². The van der Waals surface area contributed by atoms with Gasteiger partial charge < -0.3 is 15.5 Å². The maximum atomic E-state index is 12.5. The molecule has 10 heteroatoms. The van der Waals surface area contributed by atoms with E-state index in [1.54, 1.807) is 4.90 Å². The number of hydrogen-bond acceptors (Lipinski definition) is 5. The standard InChI is InChI=1S/C22H35N5O4S/c1-3-19-6-4-5-7-20(19)24-21(28)17-25-12-14-26(15-13-25)22(29)23-16-18-8-10-27(11-9-18)32(2,30)31/h4-7,18H,3,8-17H2,1-2H3,(H,23,29)(H,24,28). The van der Waals surface area contributed by atoms with Gasteiger partial charge in [-0.2, -0.15) is 0 Å². The topological polar surface area (TPSA) is 102 Å². The first-order valence-electron chi connectivity index (χ1n) is 11.3. The summed E-state index contributed by atoms with van der Waals surface area (Å²) in [6, 6.07) is 7.74. The molecule has 2 aliphatic rings. The van der Waals surface area contributed by atoms with Crippen molar-refractivity contribution in [3.63, 3.8) is 0 Å². The predicted octanol–water partition coefficient (Wildman–Crippen LogP) is 1.19. The minimum absolute atomic E-state index is 0.0377. The minimum atomic E-state index is -3.13. The molecule has 2 N–H and O–H groups in total. The molecule has 1 aromatic rings. The molecule has 1 aromatic carbocycles. The van der Waals surface area contributed by atoms with Crippen LogP contribution in [-0.4, -0.2) is 93.1 Å². The molecule has 2 saturated heterocycles. The molecule has 0 saturated carbocycles. The Labute approximate surface area is 191 Å². The second kappa shape index (κ2) is 11.1. The first-order valence-corrected chi connectivity index (χ1v) is 13.2. The summed E-state index contributed by atoms with van der Waals surface area (Å²) in [6.45, 7) is 6.45. The van der Waals surface area contributed by atoms with Crippen LogP contribution >= 0.6 is 0 Å². The number of nitrogens with zero attached hydrogens (tertiary/aromatic N) is 3. The highest BCUT2D eigenvalue weighted by atomic mass is 32.2. The van der Waals surface area contributed by atoms with E-state index in [9.17, 15) is 18.0 Å². The summed E-state index contributed by atoms with van der Waals surface area (Å²) in [4.78, 5) is 28.8. The van der Waals surface area contributed by atoms with Gasteiger partial charge >= 0.3 is 6.03 Å². The van der Waals surface area contributed by atoms with Gasteiger partial charge in [-0.3, -0.25) is 9.69 Å². The Bertz CT molecular complexity index is 891. The molecule has 3 amide bonds. The number of amides is 3. The summed E-state index contributed by atoms with van der Waals surface area (Å²) in [7, 11) is -3.13. The van der Waals surface area contributed by atoms with Gasteiger partial charge in [0.05, 0.1) is 12.8 Å². The Hall–Kier alpha value is -2.17. The van der Waals surface area contributed by atoms with E-state index in [0.29, 0.717) is 58.3 Å². The van der Waals surface area contributed by atoms with Gasteiger partial charge in [0.2, 0.25) is 15.9 Å². The molecule has 0 atom stereocenters. The Morgan fingerprint density at radius 1 is 1.03 bits per heavy atom. The number of urea groups is 1. The first kappa shape index (κ1) is 24.5. The molecule has 2 fully saturated rings. The Balaban J connectivity index is 1.35. The van der Waals surface area contributed by atoms with E-state index in [-0.39, 0.29) is 11.9 Å². The van der Waals surface area contributed by atoms with E-state index in [4.69, 9.17) is 0 Å². The van der Waals surface area contributed by atoms with Crippen LogP contribution in [0.2, 0.25) is 0 Å². The number of hydrogen-bond donors (Lipinski definition) is 2. The number of carbonyl (C=O) groups is 2. The zero-order chi connectivity index (χ0) is 23.1. The number of carbonyl (C=O) groups excluding carboxylic acids is 2. The molecule has 0 spiro atoms. The van der Waals surface area contributed by atoms with Crippen molar-refractivity contribution < 1.29 is 18.0 Å². The number of nitrogens with one attached hydrogen (secondary N) is 2. The van der Waals surface area contributed by atoms with Crippen molar-refractivity contribution in [2.24, 2.45) is 5.92 Å². The summed E-state index contributed by atoms with van der Waals surface area (Å²) in [5.74, 6) is 0.261. The Morgan fingerprint density at radius 2 is 1.69 bits per heavy atom. The summed E-state index contributed by atoms with van der Waals surface area (Å²) >= 11 is 0. The lowest BCUT2D eigenvalue weighted by Crippen LogP contribution is -2.53. The number of para-hydroxylation sites is 1.